The summed E-state index contributed by atoms with van der Waals surface area (Å²) in [5, 5.41) is 44.4. The number of hydrogen-bond donors (Lipinski definition) is 4. The van der Waals surface area contributed by atoms with Crippen LogP contribution in [0.1, 0.15) is 139 Å². The van der Waals surface area contributed by atoms with Crippen LogP contribution in [0, 0.1) is 74.9 Å². The van der Waals surface area contributed by atoms with E-state index in [1.54, 1.807) is 31.2 Å². The van der Waals surface area contributed by atoms with Gasteiger partial charge in [-0.15, -0.1) is 0 Å². The smallest absolute Gasteiger partial charge is 0.336 e. The van der Waals surface area contributed by atoms with Gasteiger partial charge in [-0.1, -0.05) is 44.9 Å². The summed E-state index contributed by atoms with van der Waals surface area (Å²) in [7, 11) is 0. The first kappa shape index (κ1) is 47.3. The first-order valence-electron chi connectivity index (χ1n) is 26.3. The molecule has 4 heterocycles. The van der Waals surface area contributed by atoms with E-state index in [-0.39, 0.29) is 107 Å². The lowest BCUT2D eigenvalue weighted by Crippen LogP contribution is -2.68. The molecule has 0 bridgehead atoms. The SMILES string of the molecule is CC1=C(C)C(=O)OC([C@@H](C)C2(O)CC[C@H]3[C@@H]4[C@@H]5O[C@@H]5C5(O)CC=CC(=O)[C@]5(C)[C@H]4CC[C@@]32C)C1.CC1=C(CO)C(=O)O[C@@H](C(C)[C@H]2CCC3[C@@H]4C[C@H]5O[C@]56[C@@H](O)C=CC(=O)[C@]6(C)C4CC[C@@]32C)C1. The van der Waals surface area contributed by atoms with Gasteiger partial charge in [-0.05, 0) is 175 Å². The minimum absolute atomic E-state index is 0.0159. The summed E-state index contributed by atoms with van der Waals surface area (Å²) in [5.41, 5.74) is -1.47. The third kappa shape index (κ3) is 5.82. The summed E-state index contributed by atoms with van der Waals surface area (Å²) in [6, 6.07) is 0. The second kappa shape index (κ2) is 15.3. The third-order valence-corrected chi connectivity index (χ3v) is 23.4. The Labute approximate surface area is 401 Å². The van der Waals surface area contributed by atoms with Crippen LogP contribution in [0.25, 0.3) is 0 Å². The van der Waals surface area contributed by atoms with Crippen LogP contribution in [0.2, 0.25) is 0 Å². The number of hydrogen-bond acceptors (Lipinski definition) is 12. The average Bonchev–Trinajstić information content (AvgIpc) is 4.20. The van der Waals surface area contributed by atoms with E-state index in [1.807, 2.05) is 27.7 Å². The maximum Gasteiger partial charge on any atom is 0.336 e. The Kier molecular flexibility index (Phi) is 10.6. The molecule has 4 N–H and O–H groups in total. The van der Waals surface area contributed by atoms with Crippen LogP contribution in [0.3, 0.4) is 0 Å². The molecule has 12 aliphatic rings. The summed E-state index contributed by atoms with van der Waals surface area (Å²) >= 11 is 0. The topological polar surface area (TPSA) is 193 Å². The van der Waals surface area contributed by atoms with Crippen LogP contribution in [0.15, 0.2) is 46.6 Å². The minimum Gasteiger partial charge on any atom is -0.458 e. The number of rotatable bonds is 5. The van der Waals surface area contributed by atoms with Crippen molar-refractivity contribution in [2.75, 3.05) is 6.61 Å². The maximum atomic E-state index is 13.3. The molecule has 68 heavy (non-hydrogen) atoms. The van der Waals surface area contributed by atoms with E-state index in [2.05, 4.69) is 27.7 Å². The number of epoxide rings is 2. The monoisotopic (exact) mass is 941 g/mol. The van der Waals surface area contributed by atoms with Crippen LogP contribution in [-0.4, -0.2) is 104 Å². The van der Waals surface area contributed by atoms with Crippen molar-refractivity contribution < 1.29 is 58.6 Å². The maximum absolute atomic E-state index is 13.3. The van der Waals surface area contributed by atoms with Gasteiger partial charge in [0, 0.05) is 24.3 Å². The van der Waals surface area contributed by atoms with E-state index < -0.39 is 33.7 Å². The first-order valence-corrected chi connectivity index (χ1v) is 26.3. The molecule has 0 amide bonds. The van der Waals surface area contributed by atoms with E-state index >= 15 is 0 Å². The number of carbonyl (C=O) groups excluding carboxylic acids is 4. The van der Waals surface area contributed by atoms with E-state index in [0.29, 0.717) is 54.6 Å². The Bertz CT molecular complexity index is 2350. The largest absolute Gasteiger partial charge is 0.458 e. The zero-order valence-electron chi connectivity index (χ0n) is 41.7. The molecule has 22 atom stereocenters. The molecule has 0 aromatic carbocycles. The summed E-state index contributed by atoms with van der Waals surface area (Å²) in [4.78, 5) is 51.5. The van der Waals surface area contributed by atoms with Crippen molar-refractivity contribution in [2.24, 2.45) is 74.9 Å². The second-order valence-corrected chi connectivity index (χ2v) is 25.2. The van der Waals surface area contributed by atoms with E-state index in [1.165, 1.54) is 0 Å². The highest BCUT2D eigenvalue weighted by molar-refractivity contribution is 5.98. The first-order chi connectivity index (χ1) is 32.0. The summed E-state index contributed by atoms with van der Waals surface area (Å²) in [6.45, 7) is 18.4. The highest BCUT2D eigenvalue weighted by Crippen LogP contribution is 2.75. The quantitative estimate of drug-likeness (QED) is 0.166. The van der Waals surface area contributed by atoms with Crippen molar-refractivity contribution in [3.8, 4) is 0 Å². The zero-order chi connectivity index (χ0) is 48.6. The van der Waals surface area contributed by atoms with Crippen LogP contribution in [0.4, 0.5) is 0 Å². The summed E-state index contributed by atoms with van der Waals surface area (Å²) < 4.78 is 24.1. The van der Waals surface area contributed by atoms with Gasteiger partial charge in [0.15, 0.2) is 11.6 Å². The van der Waals surface area contributed by atoms with Crippen LogP contribution in [-0.2, 0) is 38.1 Å². The predicted molar refractivity (Wildman–Crippen MR) is 249 cm³/mol. The molecule has 12 heteroatoms. The fraction of sp³-hybridized carbons (Fsp3) is 0.786. The molecule has 12 nitrogen and oxygen atoms in total. The Morgan fingerprint density at radius 3 is 2.15 bits per heavy atom. The highest BCUT2D eigenvalue weighted by Gasteiger charge is 2.81. The lowest BCUT2D eigenvalue weighted by molar-refractivity contribution is -0.202. The molecule has 12 rings (SSSR count). The van der Waals surface area contributed by atoms with Gasteiger partial charge in [0.05, 0.1) is 40.8 Å². The molecule has 6 unspecified atom stereocenters. The molecular formula is C56H76O12. The van der Waals surface area contributed by atoms with Crippen molar-refractivity contribution in [2.45, 2.75) is 193 Å². The van der Waals surface area contributed by atoms with Gasteiger partial charge in [-0.2, -0.15) is 0 Å². The summed E-state index contributed by atoms with van der Waals surface area (Å²) in [6.07, 6.45) is 15.2. The number of esters is 2. The third-order valence-electron chi connectivity index (χ3n) is 23.4. The van der Waals surface area contributed by atoms with Gasteiger partial charge >= 0.3 is 11.9 Å². The number of carbonyl (C=O) groups is 4. The van der Waals surface area contributed by atoms with Gasteiger partial charge in [-0.3, -0.25) is 9.59 Å². The average molecular weight is 941 g/mol. The van der Waals surface area contributed by atoms with Gasteiger partial charge in [0.25, 0.3) is 0 Å². The number of allylic oxidation sites excluding steroid dienone is 2. The molecule has 1 spiro atoms. The molecule has 8 aliphatic carbocycles. The zero-order valence-corrected chi connectivity index (χ0v) is 41.7. The van der Waals surface area contributed by atoms with Crippen LogP contribution >= 0.6 is 0 Å². The fourth-order valence-corrected chi connectivity index (χ4v) is 19.0. The Balaban J connectivity index is 0.000000149. The van der Waals surface area contributed by atoms with Crippen molar-refractivity contribution in [3.05, 3.63) is 46.6 Å². The van der Waals surface area contributed by atoms with Crippen molar-refractivity contribution in [1.82, 2.24) is 0 Å². The molecule has 6 saturated carbocycles. The Morgan fingerprint density at radius 1 is 0.765 bits per heavy atom. The Morgan fingerprint density at radius 2 is 1.44 bits per heavy atom. The molecule has 8 fully saturated rings. The number of aliphatic hydroxyl groups is 4. The fourth-order valence-electron chi connectivity index (χ4n) is 19.0. The van der Waals surface area contributed by atoms with Crippen LogP contribution in [0.5, 0.6) is 0 Å². The molecule has 2 saturated heterocycles. The number of cyclic esters (lactones) is 2. The van der Waals surface area contributed by atoms with Gasteiger partial charge in [0.2, 0.25) is 0 Å². The molecule has 0 aromatic rings. The lowest BCUT2D eigenvalue weighted by atomic mass is 9.43. The second-order valence-electron chi connectivity index (χ2n) is 25.2. The van der Waals surface area contributed by atoms with Crippen molar-refractivity contribution in [1.29, 1.82) is 0 Å². The van der Waals surface area contributed by atoms with E-state index in [9.17, 15) is 39.6 Å². The standard InChI is InChI=1S/2C28H38O6/c1-14-13-19(33-24(30)15(14)2)16(3)27(31)12-9-17-21-18(8-11-25(17,27)4)26(5)20(29)7-6-10-28(26,32)23-22(21)34-23;1-14-11-21(33-25(32)17(14)13-29)15(2)18-5-6-19-16-12-24-28(34-24)23(31)8-7-22(30)27(28,4)20(16)9-10-26(18,19)3/h6-7,16-19,21-23,31-32H,8-13H2,1-5H3;7-8,15-16,18-21,23-24,29,31H,5-6,9-13H2,1-4H3/t16-,17+,18+,19?,21+,22+,23+,25+,26+,27?,28?;15?,16-,18+,19?,20?,21+,23-,24+,26+,27-,28+/m10/s1. The summed E-state index contributed by atoms with van der Waals surface area (Å²) in [5.74, 6) is 1.53. The predicted octanol–water partition coefficient (Wildman–Crippen LogP) is 6.85. The lowest BCUT2D eigenvalue weighted by Gasteiger charge is -2.61. The number of ether oxygens (including phenoxy) is 4. The Hall–Kier alpha value is -3.00. The van der Waals surface area contributed by atoms with E-state index in [0.717, 1.165) is 62.5 Å². The minimum atomic E-state index is -1.14. The molecule has 0 radical (unpaired) electrons. The van der Waals surface area contributed by atoms with Crippen molar-refractivity contribution in [3.63, 3.8) is 0 Å². The van der Waals surface area contributed by atoms with Crippen LogP contribution < -0.4 is 0 Å². The molecule has 0 aromatic heterocycles. The van der Waals surface area contributed by atoms with E-state index in [4.69, 9.17) is 18.9 Å². The van der Waals surface area contributed by atoms with Gasteiger partial charge in [0.1, 0.15) is 35.6 Å². The van der Waals surface area contributed by atoms with Gasteiger partial charge in [-0.25, -0.2) is 9.59 Å². The number of fused-ring (bicyclic) bond motifs is 12. The number of ketones is 2. The van der Waals surface area contributed by atoms with Gasteiger partial charge < -0.3 is 39.4 Å². The normalized spacial score (nSPS) is 53.5. The molecule has 372 valence electrons. The highest BCUT2D eigenvalue weighted by atomic mass is 16.6. The number of aliphatic hydroxyl groups excluding tert-OH is 2. The molecular weight excluding hydrogens is 865 g/mol. The van der Waals surface area contributed by atoms with Crippen molar-refractivity contribution >= 4 is 23.5 Å². The molecule has 4 aliphatic heterocycles.